The second-order valence-electron chi connectivity index (χ2n) is 3.93. The Morgan fingerprint density at radius 2 is 2.25 bits per heavy atom. The molecule has 2 amide bonds. The molecule has 1 aliphatic heterocycles. The van der Waals surface area contributed by atoms with Crippen LogP contribution in [0.15, 0.2) is 0 Å². The number of carbonyl (C=O) groups is 1. The molecular formula is C10H21N3O3. The second kappa shape index (κ2) is 7.43. The summed E-state index contributed by atoms with van der Waals surface area (Å²) in [5.41, 5.74) is 0. The fourth-order valence-corrected chi connectivity index (χ4v) is 1.34. The quantitative estimate of drug-likeness (QED) is 0.633. The fourth-order valence-electron chi connectivity index (χ4n) is 1.34. The smallest absolute Gasteiger partial charge is 0.316 e. The van der Waals surface area contributed by atoms with Crippen LogP contribution in [0.4, 0.5) is 4.79 Å². The van der Waals surface area contributed by atoms with Crippen molar-refractivity contribution in [1.29, 1.82) is 0 Å². The summed E-state index contributed by atoms with van der Waals surface area (Å²) in [6.45, 7) is 3.34. The molecule has 0 radical (unpaired) electrons. The minimum Gasteiger partial charge on any atom is -0.355 e. The number of hydrogen-bond acceptors (Lipinski definition) is 4. The summed E-state index contributed by atoms with van der Waals surface area (Å²) in [4.78, 5) is 12.7. The second-order valence-corrected chi connectivity index (χ2v) is 3.93. The first-order valence-electron chi connectivity index (χ1n) is 5.55. The molecule has 0 spiro atoms. The van der Waals surface area contributed by atoms with Crippen molar-refractivity contribution >= 4 is 6.03 Å². The van der Waals surface area contributed by atoms with E-state index >= 15 is 0 Å². The summed E-state index contributed by atoms with van der Waals surface area (Å²) in [5, 5.41) is 6.01. The van der Waals surface area contributed by atoms with Gasteiger partial charge in [0.05, 0.1) is 12.7 Å². The van der Waals surface area contributed by atoms with Gasteiger partial charge in [0.15, 0.2) is 0 Å². The van der Waals surface area contributed by atoms with Crippen LogP contribution in [0, 0.1) is 0 Å². The van der Waals surface area contributed by atoms with Gasteiger partial charge in [-0.25, -0.2) is 4.79 Å². The van der Waals surface area contributed by atoms with Crippen LogP contribution in [0.25, 0.3) is 0 Å². The predicted octanol–water partition coefficient (Wildman–Crippen LogP) is -0.390. The van der Waals surface area contributed by atoms with Gasteiger partial charge in [-0.05, 0) is 6.42 Å². The zero-order valence-electron chi connectivity index (χ0n) is 9.99. The van der Waals surface area contributed by atoms with Crippen LogP contribution in [0.3, 0.4) is 0 Å². The fraction of sp³-hybridized carbons (Fsp3) is 0.900. The molecule has 0 aromatic rings. The molecule has 0 aromatic heterocycles. The number of amides is 2. The van der Waals surface area contributed by atoms with E-state index in [2.05, 4.69) is 10.6 Å². The molecule has 1 fully saturated rings. The summed E-state index contributed by atoms with van der Waals surface area (Å²) in [7, 11) is 3.44. The molecule has 1 unspecified atom stereocenters. The van der Waals surface area contributed by atoms with Crippen molar-refractivity contribution < 1.29 is 14.3 Å². The normalized spacial score (nSPS) is 20.5. The van der Waals surface area contributed by atoms with Crippen molar-refractivity contribution in [3.63, 3.8) is 0 Å². The third-order valence-corrected chi connectivity index (χ3v) is 2.33. The summed E-state index contributed by atoms with van der Waals surface area (Å²) in [6.07, 6.45) is 1.16. The Hall–Kier alpha value is -0.850. The molecule has 0 aliphatic carbocycles. The van der Waals surface area contributed by atoms with Crippen molar-refractivity contribution in [2.45, 2.75) is 12.5 Å². The zero-order chi connectivity index (χ0) is 11.8. The number of hydrogen-bond donors (Lipinski definition) is 2. The van der Waals surface area contributed by atoms with Crippen LogP contribution < -0.4 is 10.6 Å². The van der Waals surface area contributed by atoms with Gasteiger partial charge in [-0.1, -0.05) is 0 Å². The van der Waals surface area contributed by atoms with Crippen LogP contribution in [0.1, 0.15) is 6.42 Å². The van der Waals surface area contributed by atoms with Crippen molar-refractivity contribution in [3.8, 4) is 0 Å². The van der Waals surface area contributed by atoms with E-state index in [4.69, 9.17) is 9.47 Å². The van der Waals surface area contributed by atoms with E-state index in [9.17, 15) is 4.79 Å². The van der Waals surface area contributed by atoms with Gasteiger partial charge >= 0.3 is 6.03 Å². The van der Waals surface area contributed by atoms with Crippen molar-refractivity contribution in [2.75, 3.05) is 47.1 Å². The lowest BCUT2D eigenvalue weighted by atomic mass is 10.2. The molecule has 0 bridgehead atoms. The Morgan fingerprint density at radius 1 is 1.44 bits per heavy atom. The van der Waals surface area contributed by atoms with Gasteiger partial charge in [0.2, 0.25) is 0 Å². The number of carbonyl (C=O) groups excluding carboxylic acids is 1. The topological polar surface area (TPSA) is 62.8 Å². The monoisotopic (exact) mass is 231 g/mol. The molecule has 16 heavy (non-hydrogen) atoms. The Labute approximate surface area is 96.3 Å². The Bertz CT molecular complexity index is 205. The van der Waals surface area contributed by atoms with E-state index in [0.717, 1.165) is 26.1 Å². The molecule has 6 nitrogen and oxygen atoms in total. The van der Waals surface area contributed by atoms with E-state index in [1.165, 1.54) is 4.90 Å². The maximum absolute atomic E-state index is 11.2. The van der Waals surface area contributed by atoms with Crippen molar-refractivity contribution in [2.24, 2.45) is 0 Å². The largest absolute Gasteiger partial charge is 0.355 e. The molecule has 0 aromatic carbocycles. The number of rotatable bonds is 5. The molecular weight excluding hydrogens is 210 g/mol. The molecule has 1 rings (SSSR count). The van der Waals surface area contributed by atoms with E-state index in [-0.39, 0.29) is 12.1 Å². The number of nitrogens with one attached hydrogen (secondary N) is 2. The standard InChI is InChI=1S/C10H21N3O3/c1-13(2)10(14)12-5-4-11-7-9-3-6-15-8-16-9/h9,11H,3-8H2,1-2H3,(H,12,14). The van der Waals surface area contributed by atoms with Crippen LogP contribution in [-0.4, -0.2) is 64.2 Å². The molecule has 1 atom stereocenters. The predicted molar refractivity (Wildman–Crippen MR) is 60.3 cm³/mol. The third kappa shape index (κ3) is 5.29. The highest BCUT2D eigenvalue weighted by molar-refractivity contribution is 5.73. The molecule has 0 saturated carbocycles. The molecule has 6 heteroatoms. The Morgan fingerprint density at radius 3 is 2.88 bits per heavy atom. The molecule has 1 heterocycles. The highest BCUT2D eigenvalue weighted by Crippen LogP contribution is 2.03. The minimum atomic E-state index is -0.0656. The average molecular weight is 231 g/mol. The lowest BCUT2D eigenvalue weighted by molar-refractivity contribution is -0.137. The lowest BCUT2D eigenvalue weighted by Gasteiger charge is -2.23. The van der Waals surface area contributed by atoms with Gasteiger partial charge in [-0.2, -0.15) is 0 Å². The van der Waals surface area contributed by atoms with Gasteiger partial charge in [0.25, 0.3) is 0 Å². The van der Waals surface area contributed by atoms with Gasteiger partial charge in [0, 0.05) is 33.7 Å². The Balaban J connectivity index is 1.93. The first kappa shape index (κ1) is 13.2. The van der Waals surface area contributed by atoms with Crippen molar-refractivity contribution in [1.82, 2.24) is 15.5 Å². The van der Waals surface area contributed by atoms with E-state index in [1.54, 1.807) is 14.1 Å². The summed E-state index contributed by atoms with van der Waals surface area (Å²) < 4.78 is 10.4. The summed E-state index contributed by atoms with van der Waals surface area (Å²) in [5.74, 6) is 0. The van der Waals surface area contributed by atoms with Crippen molar-refractivity contribution in [3.05, 3.63) is 0 Å². The van der Waals surface area contributed by atoms with E-state index in [1.807, 2.05) is 0 Å². The maximum atomic E-state index is 11.2. The third-order valence-electron chi connectivity index (χ3n) is 2.33. The molecule has 1 aliphatic rings. The molecule has 2 N–H and O–H groups in total. The summed E-state index contributed by atoms with van der Waals surface area (Å²) >= 11 is 0. The SMILES string of the molecule is CN(C)C(=O)NCCNCC1CCOCO1. The number of nitrogens with zero attached hydrogens (tertiary/aromatic N) is 1. The maximum Gasteiger partial charge on any atom is 0.316 e. The van der Waals surface area contributed by atoms with Gasteiger partial charge < -0.3 is 25.0 Å². The molecule has 94 valence electrons. The van der Waals surface area contributed by atoms with Crippen LogP contribution in [-0.2, 0) is 9.47 Å². The van der Waals surface area contributed by atoms with Crippen LogP contribution >= 0.6 is 0 Å². The summed E-state index contributed by atoms with van der Waals surface area (Å²) in [6, 6.07) is -0.0656. The van der Waals surface area contributed by atoms with Crippen LogP contribution in [0.5, 0.6) is 0 Å². The van der Waals surface area contributed by atoms with Gasteiger partial charge in [-0.3, -0.25) is 0 Å². The first-order valence-corrected chi connectivity index (χ1v) is 5.55. The van der Waals surface area contributed by atoms with E-state index in [0.29, 0.717) is 13.3 Å². The number of urea groups is 1. The minimum absolute atomic E-state index is 0.0656. The average Bonchev–Trinajstić information content (AvgIpc) is 2.29. The number of ether oxygens (including phenoxy) is 2. The first-order chi connectivity index (χ1) is 7.70. The highest BCUT2D eigenvalue weighted by Gasteiger charge is 2.12. The van der Waals surface area contributed by atoms with Gasteiger partial charge in [-0.15, -0.1) is 0 Å². The molecule has 1 saturated heterocycles. The zero-order valence-corrected chi connectivity index (χ0v) is 9.99. The van der Waals surface area contributed by atoms with Crippen LogP contribution in [0.2, 0.25) is 0 Å². The van der Waals surface area contributed by atoms with Gasteiger partial charge in [0.1, 0.15) is 6.79 Å². The van der Waals surface area contributed by atoms with E-state index < -0.39 is 0 Å². The highest BCUT2D eigenvalue weighted by atomic mass is 16.7. The Kier molecular flexibility index (Phi) is 6.14. The lowest BCUT2D eigenvalue weighted by Crippen LogP contribution is -2.40.